The first-order chi connectivity index (χ1) is 9.33. The first-order valence-corrected chi connectivity index (χ1v) is 6.70. The quantitative estimate of drug-likeness (QED) is 0.593. The van der Waals surface area contributed by atoms with E-state index in [4.69, 9.17) is 15.6 Å². The second-order valence-corrected chi connectivity index (χ2v) is 4.54. The molecule has 0 atom stereocenters. The monoisotopic (exact) mass is 260 g/mol. The molecule has 1 aromatic heterocycles. The second kappa shape index (κ2) is 6.95. The summed E-state index contributed by atoms with van der Waals surface area (Å²) < 4.78 is 5.77. The Morgan fingerprint density at radius 2 is 1.95 bits per heavy atom. The predicted molar refractivity (Wildman–Crippen MR) is 77.2 cm³/mol. The topological polar surface area (TPSA) is 68.4 Å². The minimum absolute atomic E-state index is 0.271. The Hall–Kier alpha value is -1.81. The molecule has 102 valence electrons. The van der Waals surface area contributed by atoms with E-state index in [1.807, 2.05) is 24.3 Å². The van der Waals surface area contributed by atoms with Crippen LogP contribution in [0.4, 0.5) is 5.69 Å². The Morgan fingerprint density at radius 3 is 2.79 bits per heavy atom. The molecule has 0 spiro atoms. The van der Waals surface area contributed by atoms with E-state index in [1.165, 1.54) is 0 Å². The SMILES string of the molecule is Nc1ccc(OCCCCCCO)c2ncccc12. The van der Waals surface area contributed by atoms with Gasteiger partial charge in [0, 0.05) is 23.9 Å². The Bertz CT molecular complexity index is 529. The Morgan fingerprint density at radius 1 is 1.11 bits per heavy atom. The molecule has 2 aromatic rings. The van der Waals surface area contributed by atoms with Gasteiger partial charge in [0.2, 0.25) is 0 Å². The van der Waals surface area contributed by atoms with Crippen molar-refractivity contribution in [2.45, 2.75) is 25.7 Å². The van der Waals surface area contributed by atoms with Crippen molar-refractivity contribution < 1.29 is 9.84 Å². The van der Waals surface area contributed by atoms with Gasteiger partial charge in [0.05, 0.1) is 6.61 Å². The number of nitrogens with zero attached hydrogens (tertiary/aromatic N) is 1. The van der Waals surface area contributed by atoms with Gasteiger partial charge in [0.15, 0.2) is 0 Å². The van der Waals surface area contributed by atoms with Crippen molar-refractivity contribution in [3.8, 4) is 5.75 Å². The molecule has 0 aliphatic rings. The summed E-state index contributed by atoms with van der Waals surface area (Å²) >= 11 is 0. The summed E-state index contributed by atoms with van der Waals surface area (Å²) in [5.74, 6) is 0.784. The molecule has 4 heteroatoms. The molecule has 0 saturated heterocycles. The van der Waals surface area contributed by atoms with Crippen LogP contribution in [0.25, 0.3) is 10.9 Å². The van der Waals surface area contributed by atoms with Crippen molar-refractivity contribution in [1.82, 2.24) is 4.98 Å². The molecule has 0 amide bonds. The normalized spacial score (nSPS) is 10.8. The molecule has 19 heavy (non-hydrogen) atoms. The number of hydrogen-bond acceptors (Lipinski definition) is 4. The molecule has 4 nitrogen and oxygen atoms in total. The van der Waals surface area contributed by atoms with E-state index in [-0.39, 0.29) is 6.61 Å². The minimum Gasteiger partial charge on any atom is -0.491 e. The Labute approximate surface area is 113 Å². The highest BCUT2D eigenvalue weighted by atomic mass is 16.5. The second-order valence-electron chi connectivity index (χ2n) is 4.54. The van der Waals surface area contributed by atoms with Crippen molar-refractivity contribution in [2.24, 2.45) is 0 Å². The third-order valence-electron chi connectivity index (χ3n) is 3.08. The lowest BCUT2D eigenvalue weighted by atomic mass is 10.1. The third-order valence-corrected chi connectivity index (χ3v) is 3.08. The molecule has 0 aliphatic carbocycles. The first kappa shape index (κ1) is 13.6. The highest BCUT2D eigenvalue weighted by Crippen LogP contribution is 2.28. The lowest BCUT2D eigenvalue weighted by Gasteiger charge is -2.09. The zero-order valence-corrected chi connectivity index (χ0v) is 11.0. The summed E-state index contributed by atoms with van der Waals surface area (Å²) in [6.07, 6.45) is 5.71. The van der Waals surface area contributed by atoms with E-state index >= 15 is 0 Å². The summed E-state index contributed by atoms with van der Waals surface area (Å²) in [5.41, 5.74) is 7.45. The molecular formula is C15H20N2O2. The number of anilines is 1. The molecule has 0 saturated carbocycles. The van der Waals surface area contributed by atoms with Gasteiger partial charge >= 0.3 is 0 Å². The Balaban J connectivity index is 1.96. The van der Waals surface area contributed by atoms with Gasteiger partial charge in [-0.2, -0.15) is 0 Å². The molecule has 2 rings (SSSR count). The average molecular weight is 260 g/mol. The van der Waals surface area contributed by atoms with Crippen LogP contribution in [0.1, 0.15) is 25.7 Å². The van der Waals surface area contributed by atoms with Crippen LogP contribution >= 0.6 is 0 Å². The van der Waals surface area contributed by atoms with Crippen LogP contribution in [-0.2, 0) is 0 Å². The van der Waals surface area contributed by atoms with Gasteiger partial charge < -0.3 is 15.6 Å². The molecule has 1 aromatic carbocycles. The highest BCUT2D eigenvalue weighted by molar-refractivity contribution is 5.94. The molecule has 3 N–H and O–H groups in total. The third kappa shape index (κ3) is 3.58. The summed E-state index contributed by atoms with van der Waals surface area (Å²) in [7, 11) is 0. The number of rotatable bonds is 7. The fraction of sp³-hybridized carbons (Fsp3) is 0.400. The number of benzene rings is 1. The maximum absolute atomic E-state index is 8.69. The summed E-state index contributed by atoms with van der Waals surface area (Å²) in [5, 5.41) is 9.62. The number of aliphatic hydroxyl groups excluding tert-OH is 1. The first-order valence-electron chi connectivity index (χ1n) is 6.70. The standard InChI is InChI=1S/C15H20N2O2/c16-13-7-8-14(15-12(13)6-5-9-17-15)19-11-4-2-1-3-10-18/h5-9,18H,1-4,10-11,16H2. The number of pyridine rings is 1. The van der Waals surface area contributed by atoms with Crippen molar-refractivity contribution in [1.29, 1.82) is 0 Å². The van der Waals surface area contributed by atoms with Gasteiger partial charge in [-0.15, -0.1) is 0 Å². The van der Waals surface area contributed by atoms with Gasteiger partial charge in [-0.1, -0.05) is 6.42 Å². The number of hydrogen-bond donors (Lipinski definition) is 2. The smallest absolute Gasteiger partial charge is 0.145 e. The van der Waals surface area contributed by atoms with E-state index in [1.54, 1.807) is 6.20 Å². The number of unbranched alkanes of at least 4 members (excludes halogenated alkanes) is 3. The summed E-state index contributed by atoms with van der Waals surface area (Å²) in [4.78, 5) is 4.33. The van der Waals surface area contributed by atoms with Crippen LogP contribution < -0.4 is 10.5 Å². The lowest BCUT2D eigenvalue weighted by molar-refractivity contribution is 0.274. The lowest BCUT2D eigenvalue weighted by Crippen LogP contribution is -2.00. The van der Waals surface area contributed by atoms with Crippen LogP contribution in [0.3, 0.4) is 0 Å². The number of aromatic nitrogens is 1. The van der Waals surface area contributed by atoms with Crippen LogP contribution in [0, 0.1) is 0 Å². The molecule has 0 fully saturated rings. The average Bonchev–Trinajstić information content (AvgIpc) is 2.45. The molecule has 0 aliphatic heterocycles. The van der Waals surface area contributed by atoms with E-state index in [9.17, 15) is 0 Å². The highest BCUT2D eigenvalue weighted by Gasteiger charge is 2.05. The summed E-state index contributed by atoms with van der Waals surface area (Å²) in [6, 6.07) is 7.55. The molecule has 0 radical (unpaired) electrons. The minimum atomic E-state index is 0.271. The van der Waals surface area contributed by atoms with Gasteiger partial charge in [0.25, 0.3) is 0 Å². The van der Waals surface area contributed by atoms with Crippen LogP contribution in [0.5, 0.6) is 5.75 Å². The number of aliphatic hydroxyl groups is 1. The van der Waals surface area contributed by atoms with Gasteiger partial charge in [0.1, 0.15) is 11.3 Å². The molecule has 1 heterocycles. The van der Waals surface area contributed by atoms with E-state index in [2.05, 4.69) is 4.98 Å². The number of ether oxygens (including phenoxy) is 1. The Kier molecular flexibility index (Phi) is 4.98. The van der Waals surface area contributed by atoms with Crippen LogP contribution in [0.15, 0.2) is 30.5 Å². The van der Waals surface area contributed by atoms with Gasteiger partial charge in [-0.25, -0.2) is 0 Å². The summed E-state index contributed by atoms with van der Waals surface area (Å²) in [6.45, 7) is 0.939. The largest absolute Gasteiger partial charge is 0.491 e. The molecular weight excluding hydrogens is 240 g/mol. The number of nitrogen functional groups attached to an aromatic ring is 1. The number of nitrogens with two attached hydrogens (primary N) is 1. The van der Waals surface area contributed by atoms with E-state index < -0.39 is 0 Å². The fourth-order valence-corrected chi connectivity index (χ4v) is 2.03. The van der Waals surface area contributed by atoms with Crippen molar-refractivity contribution >= 4 is 16.6 Å². The van der Waals surface area contributed by atoms with Crippen LogP contribution in [0.2, 0.25) is 0 Å². The van der Waals surface area contributed by atoms with Crippen LogP contribution in [-0.4, -0.2) is 23.3 Å². The van der Waals surface area contributed by atoms with Crippen molar-refractivity contribution in [2.75, 3.05) is 18.9 Å². The van der Waals surface area contributed by atoms with Crippen molar-refractivity contribution in [3.05, 3.63) is 30.5 Å². The van der Waals surface area contributed by atoms with Gasteiger partial charge in [-0.3, -0.25) is 4.98 Å². The zero-order valence-electron chi connectivity index (χ0n) is 11.0. The zero-order chi connectivity index (χ0) is 13.5. The van der Waals surface area contributed by atoms with E-state index in [0.29, 0.717) is 6.61 Å². The predicted octanol–water partition coefficient (Wildman–Crippen LogP) is 2.75. The van der Waals surface area contributed by atoms with E-state index in [0.717, 1.165) is 48.0 Å². The molecule has 0 bridgehead atoms. The fourth-order valence-electron chi connectivity index (χ4n) is 2.03. The number of fused-ring (bicyclic) bond motifs is 1. The maximum atomic E-state index is 8.69. The van der Waals surface area contributed by atoms with Gasteiger partial charge in [-0.05, 0) is 43.5 Å². The maximum Gasteiger partial charge on any atom is 0.145 e. The molecule has 0 unspecified atom stereocenters. The van der Waals surface area contributed by atoms with Crippen molar-refractivity contribution in [3.63, 3.8) is 0 Å².